The van der Waals surface area contributed by atoms with Gasteiger partial charge in [0.25, 0.3) is 0 Å². The fourth-order valence-electron chi connectivity index (χ4n) is 3.54. The van der Waals surface area contributed by atoms with E-state index in [1.165, 1.54) is 35.1 Å². The normalized spacial score (nSPS) is 25.0. The van der Waals surface area contributed by atoms with E-state index in [4.69, 9.17) is 4.74 Å². The summed E-state index contributed by atoms with van der Waals surface area (Å²) in [5.74, 6) is 0.585. The molecule has 1 heterocycles. The van der Waals surface area contributed by atoms with Gasteiger partial charge in [-0.05, 0) is 35.1 Å². The molecular formula is C19H18O. The lowest BCUT2D eigenvalue weighted by molar-refractivity contribution is 0.0184. The minimum atomic E-state index is 0.307. The summed E-state index contributed by atoms with van der Waals surface area (Å²) >= 11 is 0. The molecule has 1 aliphatic carbocycles. The summed E-state index contributed by atoms with van der Waals surface area (Å²) < 4.78 is 6.04. The monoisotopic (exact) mass is 262 g/mol. The Morgan fingerprint density at radius 3 is 2.00 bits per heavy atom. The summed E-state index contributed by atoms with van der Waals surface area (Å²) in [6, 6.07) is 21.5. The van der Waals surface area contributed by atoms with E-state index in [0.29, 0.717) is 12.0 Å². The Hall–Kier alpha value is -1.86. The lowest BCUT2D eigenvalue weighted by atomic mass is 9.66. The Morgan fingerprint density at radius 2 is 1.35 bits per heavy atom. The van der Waals surface area contributed by atoms with E-state index in [-0.39, 0.29) is 0 Å². The van der Waals surface area contributed by atoms with Crippen LogP contribution in [0.5, 0.6) is 0 Å². The van der Waals surface area contributed by atoms with Crippen molar-refractivity contribution >= 4 is 11.1 Å². The Balaban J connectivity index is 1.85. The molecule has 20 heavy (non-hydrogen) atoms. The molecule has 1 aliphatic heterocycles. The molecule has 0 N–H and O–H groups in total. The van der Waals surface area contributed by atoms with Gasteiger partial charge in [0.15, 0.2) is 0 Å². The Labute approximate surface area is 119 Å². The molecular weight excluding hydrogens is 244 g/mol. The molecule has 1 nitrogen and oxygen atoms in total. The summed E-state index contributed by atoms with van der Waals surface area (Å²) in [5.41, 5.74) is 5.58. The van der Waals surface area contributed by atoms with E-state index in [1.54, 1.807) is 0 Å². The number of benzene rings is 2. The van der Waals surface area contributed by atoms with Crippen LogP contribution in [0.15, 0.2) is 60.7 Å². The summed E-state index contributed by atoms with van der Waals surface area (Å²) in [7, 11) is 0. The average molecular weight is 262 g/mol. The molecule has 0 amide bonds. The molecule has 2 aliphatic rings. The van der Waals surface area contributed by atoms with Gasteiger partial charge in [-0.2, -0.15) is 0 Å². The maximum Gasteiger partial charge on any atom is 0.0902 e. The van der Waals surface area contributed by atoms with Gasteiger partial charge < -0.3 is 4.74 Å². The van der Waals surface area contributed by atoms with E-state index >= 15 is 0 Å². The third-order valence-electron chi connectivity index (χ3n) is 4.44. The van der Waals surface area contributed by atoms with Gasteiger partial charge in [-0.15, -0.1) is 0 Å². The second-order valence-corrected chi connectivity index (χ2v) is 5.60. The third kappa shape index (κ3) is 1.82. The highest BCUT2D eigenvalue weighted by atomic mass is 16.5. The van der Waals surface area contributed by atoms with Gasteiger partial charge in [0, 0.05) is 12.5 Å². The van der Waals surface area contributed by atoms with E-state index in [9.17, 15) is 0 Å². The Morgan fingerprint density at radius 1 is 0.750 bits per heavy atom. The van der Waals surface area contributed by atoms with Crippen molar-refractivity contribution in [2.45, 2.75) is 18.9 Å². The molecule has 4 rings (SSSR count). The van der Waals surface area contributed by atoms with Crippen molar-refractivity contribution < 1.29 is 4.74 Å². The summed E-state index contributed by atoms with van der Waals surface area (Å²) in [4.78, 5) is 0. The first-order valence-electron chi connectivity index (χ1n) is 7.41. The number of fused-ring (bicyclic) bond motifs is 1. The molecule has 1 saturated heterocycles. The van der Waals surface area contributed by atoms with Crippen LogP contribution in [0, 0.1) is 5.92 Å². The molecule has 1 fully saturated rings. The molecule has 0 spiro atoms. The lowest BCUT2D eigenvalue weighted by Gasteiger charge is -2.45. The van der Waals surface area contributed by atoms with Gasteiger partial charge in [-0.3, -0.25) is 0 Å². The number of hydrogen-bond acceptors (Lipinski definition) is 1. The smallest absolute Gasteiger partial charge is 0.0902 e. The van der Waals surface area contributed by atoms with Gasteiger partial charge >= 0.3 is 0 Å². The fourth-order valence-corrected chi connectivity index (χ4v) is 3.54. The Kier molecular flexibility index (Phi) is 2.93. The average Bonchev–Trinajstić information content (AvgIpc) is 2.51. The third-order valence-corrected chi connectivity index (χ3v) is 4.44. The van der Waals surface area contributed by atoms with Crippen LogP contribution < -0.4 is 0 Å². The zero-order valence-electron chi connectivity index (χ0n) is 11.5. The van der Waals surface area contributed by atoms with Crippen LogP contribution in [0.25, 0.3) is 11.1 Å². The van der Waals surface area contributed by atoms with E-state index in [0.717, 1.165) is 6.61 Å². The second kappa shape index (κ2) is 4.92. The summed E-state index contributed by atoms with van der Waals surface area (Å²) in [5, 5.41) is 0. The topological polar surface area (TPSA) is 9.23 Å². The van der Waals surface area contributed by atoms with E-state index in [2.05, 4.69) is 60.7 Å². The van der Waals surface area contributed by atoms with Crippen LogP contribution in [-0.4, -0.2) is 12.7 Å². The highest BCUT2D eigenvalue weighted by molar-refractivity contribution is 6.01. The number of hydrogen-bond donors (Lipinski definition) is 0. The number of ether oxygens (including phenoxy) is 1. The molecule has 1 heteroatoms. The molecule has 2 aromatic carbocycles. The molecule has 0 saturated carbocycles. The van der Waals surface area contributed by atoms with Crippen molar-refractivity contribution in [2.75, 3.05) is 6.61 Å². The van der Waals surface area contributed by atoms with Crippen molar-refractivity contribution in [2.24, 2.45) is 5.92 Å². The van der Waals surface area contributed by atoms with Crippen molar-refractivity contribution in [3.05, 3.63) is 71.8 Å². The second-order valence-electron chi connectivity index (χ2n) is 5.60. The van der Waals surface area contributed by atoms with Crippen molar-refractivity contribution in [3.63, 3.8) is 0 Å². The Bertz CT molecular complexity index is 570. The molecule has 0 radical (unpaired) electrons. The van der Waals surface area contributed by atoms with Crippen LogP contribution in [-0.2, 0) is 4.74 Å². The van der Waals surface area contributed by atoms with Crippen molar-refractivity contribution in [1.82, 2.24) is 0 Å². The summed E-state index contributed by atoms with van der Waals surface area (Å²) in [6.45, 7) is 0.902. The van der Waals surface area contributed by atoms with Gasteiger partial charge in [-0.25, -0.2) is 0 Å². The molecule has 0 aromatic heterocycles. The first-order chi connectivity index (χ1) is 9.95. The maximum atomic E-state index is 6.04. The van der Waals surface area contributed by atoms with E-state index < -0.39 is 0 Å². The summed E-state index contributed by atoms with van der Waals surface area (Å²) in [6.07, 6.45) is 2.74. The highest BCUT2D eigenvalue weighted by Crippen LogP contribution is 2.52. The molecule has 100 valence electrons. The zero-order chi connectivity index (χ0) is 13.4. The van der Waals surface area contributed by atoms with Crippen LogP contribution in [0.3, 0.4) is 0 Å². The fraction of sp³-hybridized carbons (Fsp3) is 0.263. The van der Waals surface area contributed by atoms with Crippen molar-refractivity contribution in [3.8, 4) is 0 Å². The van der Waals surface area contributed by atoms with Crippen LogP contribution in [0.1, 0.15) is 24.0 Å². The maximum absolute atomic E-state index is 6.04. The van der Waals surface area contributed by atoms with Gasteiger partial charge in [0.1, 0.15) is 0 Å². The molecule has 2 atom stereocenters. The first-order valence-corrected chi connectivity index (χ1v) is 7.41. The minimum absolute atomic E-state index is 0.307. The van der Waals surface area contributed by atoms with Crippen LogP contribution in [0.4, 0.5) is 0 Å². The SMILES string of the molecule is c1ccc(C2=C(c3ccccc3)[C@@H]3CCCO[C@H]23)cc1. The number of rotatable bonds is 2. The van der Waals surface area contributed by atoms with E-state index in [1.807, 2.05) is 0 Å². The predicted octanol–water partition coefficient (Wildman–Crippen LogP) is 4.41. The largest absolute Gasteiger partial charge is 0.373 e. The van der Waals surface area contributed by atoms with Crippen molar-refractivity contribution in [1.29, 1.82) is 0 Å². The van der Waals surface area contributed by atoms with Gasteiger partial charge in [0.2, 0.25) is 0 Å². The van der Waals surface area contributed by atoms with Gasteiger partial charge in [0.05, 0.1) is 6.10 Å². The quantitative estimate of drug-likeness (QED) is 0.779. The van der Waals surface area contributed by atoms with Crippen LogP contribution >= 0.6 is 0 Å². The van der Waals surface area contributed by atoms with Gasteiger partial charge in [-0.1, -0.05) is 60.7 Å². The molecule has 0 bridgehead atoms. The lowest BCUT2D eigenvalue weighted by Crippen LogP contribution is -2.40. The molecule has 0 unspecified atom stereocenters. The zero-order valence-corrected chi connectivity index (χ0v) is 11.5. The van der Waals surface area contributed by atoms with Crippen LogP contribution in [0.2, 0.25) is 0 Å². The standard InChI is InChI=1S/C19H18O/c1-3-8-14(9-4-1)17-16-12-7-13-20-19(16)18(17)15-10-5-2-6-11-15/h1-6,8-11,16,19H,7,12-13H2/t16-,19-/m0/s1. The predicted molar refractivity (Wildman–Crippen MR) is 82.2 cm³/mol. The first kappa shape index (κ1) is 11.9. The minimum Gasteiger partial charge on any atom is -0.373 e. The molecule has 2 aromatic rings. The highest BCUT2D eigenvalue weighted by Gasteiger charge is 2.43.